The zero-order valence-corrected chi connectivity index (χ0v) is 17.5. The molecule has 0 atom stereocenters. The number of hydrogen-bond donors (Lipinski definition) is 1. The summed E-state index contributed by atoms with van der Waals surface area (Å²) >= 11 is 12.0. The van der Waals surface area contributed by atoms with Crippen LogP contribution in [0.1, 0.15) is 10.6 Å². The standard InChI is InChI=1S/C22H21Cl2N3O2/c1-26-10-12-27(13-11-26)17-5-3-16(4-6-17)25-22(28)21-9-8-20(29-21)15-2-7-18(23)19(24)14-15/h2-9,14H,10-13H2,1H3,(H,25,28). The van der Waals surface area contributed by atoms with Gasteiger partial charge in [-0.2, -0.15) is 0 Å². The molecule has 1 N–H and O–H groups in total. The number of nitrogens with one attached hydrogen (secondary N) is 1. The third-order valence-corrected chi connectivity index (χ3v) is 5.77. The van der Waals surface area contributed by atoms with Gasteiger partial charge < -0.3 is 19.5 Å². The van der Waals surface area contributed by atoms with Crippen LogP contribution in [0.25, 0.3) is 11.3 Å². The molecule has 3 aromatic rings. The first-order chi connectivity index (χ1) is 14.0. The molecule has 1 aliphatic heterocycles. The fourth-order valence-electron chi connectivity index (χ4n) is 3.28. The summed E-state index contributed by atoms with van der Waals surface area (Å²) in [4.78, 5) is 17.2. The molecule has 1 amide bonds. The lowest BCUT2D eigenvalue weighted by Gasteiger charge is -2.34. The highest BCUT2D eigenvalue weighted by Crippen LogP contribution is 2.30. The maximum atomic E-state index is 12.5. The van der Waals surface area contributed by atoms with E-state index in [9.17, 15) is 4.79 Å². The molecule has 150 valence electrons. The number of piperazine rings is 1. The molecule has 0 bridgehead atoms. The molecule has 0 aliphatic carbocycles. The van der Waals surface area contributed by atoms with Crippen molar-refractivity contribution in [3.05, 3.63) is 70.4 Å². The van der Waals surface area contributed by atoms with E-state index in [4.69, 9.17) is 27.6 Å². The number of benzene rings is 2. The number of halogens is 2. The minimum atomic E-state index is -0.302. The van der Waals surface area contributed by atoms with Gasteiger partial charge in [0.1, 0.15) is 5.76 Å². The summed E-state index contributed by atoms with van der Waals surface area (Å²) < 4.78 is 5.70. The van der Waals surface area contributed by atoms with Gasteiger partial charge in [-0.25, -0.2) is 0 Å². The van der Waals surface area contributed by atoms with Gasteiger partial charge in [-0.1, -0.05) is 23.2 Å². The van der Waals surface area contributed by atoms with E-state index in [1.165, 1.54) is 0 Å². The van der Waals surface area contributed by atoms with E-state index < -0.39 is 0 Å². The zero-order chi connectivity index (χ0) is 20.4. The normalized spacial score (nSPS) is 14.8. The summed E-state index contributed by atoms with van der Waals surface area (Å²) in [6.07, 6.45) is 0. The molecule has 1 aliphatic rings. The summed E-state index contributed by atoms with van der Waals surface area (Å²) in [5.41, 5.74) is 2.64. The molecule has 1 fully saturated rings. The summed E-state index contributed by atoms with van der Waals surface area (Å²) in [6, 6.07) is 16.5. The van der Waals surface area contributed by atoms with Crippen molar-refractivity contribution in [2.75, 3.05) is 43.4 Å². The first-order valence-electron chi connectivity index (χ1n) is 9.40. The molecule has 2 heterocycles. The number of carbonyl (C=O) groups excluding carboxylic acids is 1. The molecule has 5 nitrogen and oxygen atoms in total. The number of carbonyl (C=O) groups is 1. The van der Waals surface area contributed by atoms with Crippen LogP contribution in [0.2, 0.25) is 10.0 Å². The molecule has 0 unspecified atom stereocenters. The third-order valence-electron chi connectivity index (χ3n) is 5.03. The van der Waals surface area contributed by atoms with E-state index in [1.807, 2.05) is 24.3 Å². The fourth-order valence-corrected chi connectivity index (χ4v) is 3.58. The summed E-state index contributed by atoms with van der Waals surface area (Å²) in [7, 11) is 2.14. The fraction of sp³-hybridized carbons (Fsp3) is 0.227. The molecule has 0 spiro atoms. The number of nitrogens with zero attached hydrogens (tertiary/aromatic N) is 2. The van der Waals surface area contributed by atoms with Crippen LogP contribution in [0, 0.1) is 0 Å². The first kappa shape index (κ1) is 19.8. The van der Waals surface area contributed by atoms with Gasteiger partial charge in [0.05, 0.1) is 10.0 Å². The average Bonchev–Trinajstić information content (AvgIpc) is 3.22. The van der Waals surface area contributed by atoms with Crippen molar-refractivity contribution < 1.29 is 9.21 Å². The van der Waals surface area contributed by atoms with E-state index in [2.05, 4.69) is 22.2 Å². The topological polar surface area (TPSA) is 48.7 Å². The van der Waals surface area contributed by atoms with Gasteiger partial charge >= 0.3 is 0 Å². The van der Waals surface area contributed by atoms with Crippen molar-refractivity contribution >= 4 is 40.5 Å². The Morgan fingerprint density at radius 2 is 1.66 bits per heavy atom. The Labute approximate surface area is 179 Å². The van der Waals surface area contributed by atoms with Gasteiger partial charge in [0.25, 0.3) is 5.91 Å². The van der Waals surface area contributed by atoms with Crippen LogP contribution >= 0.6 is 23.2 Å². The van der Waals surface area contributed by atoms with Crippen molar-refractivity contribution in [2.45, 2.75) is 0 Å². The Balaban J connectivity index is 1.42. The van der Waals surface area contributed by atoms with Gasteiger partial charge in [-0.05, 0) is 61.6 Å². The number of furan rings is 1. The van der Waals surface area contributed by atoms with Crippen LogP contribution < -0.4 is 10.2 Å². The largest absolute Gasteiger partial charge is 0.451 e. The lowest BCUT2D eigenvalue weighted by Crippen LogP contribution is -2.44. The van der Waals surface area contributed by atoms with Crippen molar-refractivity contribution in [2.24, 2.45) is 0 Å². The maximum Gasteiger partial charge on any atom is 0.291 e. The van der Waals surface area contributed by atoms with Crippen molar-refractivity contribution in [1.29, 1.82) is 0 Å². The molecule has 29 heavy (non-hydrogen) atoms. The molecular formula is C22H21Cl2N3O2. The molecule has 7 heteroatoms. The Morgan fingerprint density at radius 1 is 0.931 bits per heavy atom. The third kappa shape index (κ3) is 4.58. The average molecular weight is 430 g/mol. The molecule has 2 aromatic carbocycles. The second-order valence-corrected chi connectivity index (χ2v) is 7.90. The number of hydrogen-bond acceptors (Lipinski definition) is 4. The van der Waals surface area contributed by atoms with Crippen LogP contribution in [0.4, 0.5) is 11.4 Å². The minimum absolute atomic E-state index is 0.231. The second kappa shape index (κ2) is 8.49. The van der Waals surface area contributed by atoms with E-state index >= 15 is 0 Å². The Kier molecular flexibility index (Phi) is 5.81. The number of likely N-dealkylation sites (N-methyl/N-ethyl adjacent to an activating group) is 1. The monoisotopic (exact) mass is 429 g/mol. The summed E-state index contributed by atoms with van der Waals surface area (Å²) in [6.45, 7) is 4.12. The molecular weight excluding hydrogens is 409 g/mol. The highest BCUT2D eigenvalue weighted by molar-refractivity contribution is 6.42. The molecule has 1 saturated heterocycles. The van der Waals surface area contributed by atoms with Crippen molar-refractivity contribution in [3.8, 4) is 11.3 Å². The lowest BCUT2D eigenvalue weighted by molar-refractivity contribution is 0.0997. The SMILES string of the molecule is CN1CCN(c2ccc(NC(=O)c3ccc(-c4ccc(Cl)c(Cl)c4)o3)cc2)CC1. The van der Waals surface area contributed by atoms with Crippen molar-refractivity contribution in [3.63, 3.8) is 0 Å². The van der Waals surface area contributed by atoms with Gasteiger partial charge in [-0.15, -0.1) is 0 Å². The number of amides is 1. The Hall–Kier alpha value is -2.47. The van der Waals surface area contributed by atoms with Crippen molar-refractivity contribution in [1.82, 2.24) is 4.90 Å². The van der Waals surface area contributed by atoms with E-state index in [1.54, 1.807) is 30.3 Å². The predicted octanol–water partition coefficient (Wildman–Crippen LogP) is 5.26. The van der Waals surface area contributed by atoms with Gasteiger partial charge in [0.15, 0.2) is 5.76 Å². The number of anilines is 2. The first-order valence-corrected chi connectivity index (χ1v) is 10.2. The highest BCUT2D eigenvalue weighted by Gasteiger charge is 2.16. The predicted molar refractivity (Wildman–Crippen MR) is 118 cm³/mol. The smallest absolute Gasteiger partial charge is 0.291 e. The Bertz CT molecular complexity index is 1010. The van der Waals surface area contributed by atoms with Gasteiger partial charge in [0.2, 0.25) is 0 Å². The molecule has 0 saturated carbocycles. The lowest BCUT2D eigenvalue weighted by atomic mass is 10.2. The number of rotatable bonds is 4. The van der Waals surface area contributed by atoms with Crippen LogP contribution in [0.3, 0.4) is 0 Å². The Morgan fingerprint density at radius 3 is 2.34 bits per heavy atom. The minimum Gasteiger partial charge on any atom is -0.451 e. The van der Waals surface area contributed by atoms with Crippen LogP contribution in [0.15, 0.2) is 59.0 Å². The van der Waals surface area contributed by atoms with E-state index in [-0.39, 0.29) is 11.7 Å². The summed E-state index contributed by atoms with van der Waals surface area (Å²) in [5.74, 6) is 0.483. The van der Waals surface area contributed by atoms with Gasteiger partial charge in [0, 0.05) is 43.1 Å². The van der Waals surface area contributed by atoms with Crippen LogP contribution in [0.5, 0.6) is 0 Å². The van der Waals surface area contributed by atoms with Gasteiger partial charge in [-0.3, -0.25) is 4.79 Å². The summed E-state index contributed by atoms with van der Waals surface area (Å²) in [5, 5.41) is 3.78. The van der Waals surface area contributed by atoms with E-state index in [0.717, 1.165) is 43.1 Å². The molecule has 4 rings (SSSR count). The van der Waals surface area contributed by atoms with Crippen LogP contribution in [-0.2, 0) is 0 Å². The molecule has 0 radical (unpaired) electrons. The van der Waals surface area contributed by atoms with Crippen LogP contribution in [-0.4, -0.2) is 44.0 Å². The molecule has 1 aromatic heterocycles. The highest BCUT2D eigenvalue weighted by atomic mass is 35.5. The second-order valence-electron chi connectivity index (χ2n) is 7.08. The zero-order valence-electron chi connectivity index (χ0n) is 16.0. The maximum absolute atomic E-state index is 12.5. The quantitative estimate of drug-likeness (QED) is 0.614. The van der Waals surface area contributed by atoms with E-state index in [0.29, 0.717) is 15.8 Å².